The summed E-state index contributed by atoms with van der Waals surface area (Å²) in [5, 5.41) is 8.86. The fourth-order valence-electron chi connectivity index (χ4n) is 2.03. The van der Waals surface area contributed by atoms with Crippen LogP contribution in [0.2, 0.25) is 0 Å². The Morgan fingerprint density at radius 2 is 2.14 bits per heavy atom. The zero-order chi connectivity index (χ0) is 15.6. The van der Waals surface area contributed by atoms with Crippen molar-refractivity contribution in [1.29, 1.82) is 5.26 Å². The summed E-state index contributed by atoms with van der Waals surface area (Å²) in [5.74, 6) is -0.683. The number of amides is 1. The molecule has 1 saturated heterocycles. The van der Waals surface area contributed by atoms with Crippen molar-refractivity contribution in [2.24, 2.45) is 0 Å². The van der Waals surface area contributed by atoms with E-state index in [0.717, 1.165) is 0 Å². The first-order valence-corrected chi connectivity index (χ1v) is 8.52. The predicted octanol–water partition coefficient (Wildman–Crippen LogP) is 1.69. The van der Waals surface area contributed by atoms with Crippen molar-refractivity contribution in [3.05, 3.63) is 28.2 Å². The summed E-state index contributed by atoms with van der Waals surface area (Å²) >= 11 is 3.13. The molecule has 1 fully saturated rings. The first-order valence-electron chi connectivity index (χ1n) is 6.24. The number of sulfonamides is 1. The second-order valence-electron chi connectivity index (χ2n) is 4.77. The van der Waals surface area contributed by atoms with E-state index < -0.39 is 22.0 Å². The van der Waals surface area contributed by atoms with Crippen LogP contribution in [0.5, 0.6) is 0 Å². The number of halogens is 1. The lowest BCUT2D eigenvalue weighted by Crippen LogP contribution is -2.38. The molecule has 1 aromatic carbocycles. The van der Waals surface area contributed by atoms with Gasteiger partial charge in [-0.3, -0.25) is 4.79 Å². The van der Waals surface area contributed by atoms with Crippen molar-refractivity contribution in [1.82, 2.24) is 4.72 Å². The highest BCUT2D eigenvalue weighted by molar-refractivity contribution is 9.10. The van der Waals surface area contributed by atoms with Gasteiger partial charge in [0.15, 0.2) is 0 Å². The van der Waals surface area contributed by atoms with Crippen LogP contribution in [0.1, 0.15) is 25.3 Å². The van der Waals surface area contributed by atoms with Crippen molar-refractivity contribution in [3.8, 4) is 6.07 Å². The fraction of sp³-hybridized carbons (Fsp3) is 0.385. The monoisotopic (exact) mass is 372 g/mol. The topological polar surface area (TPSA) is 96.3 Å². The molecule has 8 heteroatoms. The van der Waals surface area contributed by atoms with Crippen molar-refractivity contribution >= 4 is 31.9 Å². The third-order valence-corrected chi connectivity index (χ3v) is 4.85. The van der Waals surface area contributed by atoms with Crippen LogP contribution < -0.4 is 4.72 Å². The summed E-state index contributed by atoms with van der Waals surface area (Å²) in [6, 6.07) is 5.89. The van der Waals surface area contributed by atoms with Gasteiger partial charge >= 0.3 is 0 Å². The average molecular weight is 373 g/mol. The minimum Gasteiger partial charge on any atom is -0.365 e. The van der Waals surface area contributed by atoms with Gasteiger partial charge in [0.2, 0.25) is 0 Å². The van der Waals surface area contributed by atoms with Crippen LogP contribution in [0.25, 0.3) is 0 Å². The molecule has 1 heterocycles. The van der Waals surface area contributed by atoms with E-state index in [1.807, 2.05) is 17.7 Å². The van der Waals surface area contributed by atoms with E-state index in [9.17, 15) is 13.2 Å². The van der Waals surface area contributed by atoms with Crippen LogP contribution in [0, 0.1) is 11.3 Å². The Morgan fingerprint density at radius 3 is 2.71 bits per heavy atom. The maximum absolute atomic E-state index is 12.2. The number of nitriles is 1. The van der Waals surface area contributed by atoms with Crippen LogP contribution in [-0.2, 0) is 19.6 Å². The van der Waals surface area contributed by atoms with Gasteiger partial charge in [-0.25, -0.2) is 13.1 Å². The van der Waals surface area contributed by atoms with E-state index >= 15 is 0 Å². The molecule has 21 heavy (non-hydrogen) atoms. The van der Waals surface area contributed by atoms with Crippen LogP contribution >= 0.6 is 15.9 Å². The lowest BCUT2D eigenvalue weighted by Gasteiger charge is -2.12. The van der Waals surface area contributed by atoms with Gasteiger partial charge in [0.25, 0.3) is 15.9 Å². The molecule has 0 saturated carbocycles. The summed E-state index contributed by atoms with van der Waals surface area (Å²) in [6.07, 6.45) is 0.398. The molecule has 0 spiro atoms. The van der Waals surface area contributed by atoms with E-state index in [-0.39, 0.29) is 16.6 Å². The van der Waals surface area contributed by atoms with Gasteiger partial charge in [0, 0.05) is 4.47 Å². The third-order valence-electron chi connectivity index (χ3n) is 3.07. The number of carbonyl (C=O) groups excluding carboxylic acids is 1. The van der Waals surface area contributed by atoms with Gasteiger partial charge in [-0.05, 0) is 38.0 Å². The Morgan fingerprint density at radius 1 is 1.43 bits per heavy atom. The van der Waals surface area contributed by atoms with E-state index in [1.165, 1.54) is 18.2 Å². The molecule has 1 aliphatic rings. The molecule has 1 N–H and O–H groups in total. The van der Waals surface area contributed by atoms with Crippen LogP contribution in [0.15, 0.2) is 27.6 Å². The number of hydrogen-bond acceptors (Lipinski definition) is 5. The van der Waals surface area contributed by atoms with Gasteiger partial charge in [-0.2, -0.15) is 5.26 Å². The molecule has 0 unspecified atom stereocenters. The molecular formula is C13H13BrN2O4S. The van der Waals surface area contributed by atoms with Crippen molar-refractivity contribution in [2.45, 2.75) is 36.9 Å². The average Bonchev–Trinajstić information content (AvgIpc) is 2.84. The number of rotatable bonds is 3. The van der Waals surface area contributed by atoms with Gasteiger partial charge < -0.3 is 4.74 Å². The molecule has 1 amide bonds. The van der Waals surface area contributed by atoms with Gasteiger partial charge in [0.05, 0.1) is 22.6 Å². The van der Waals surface area contributed by atoms with Crippen LogP contribution in [0.3, 0.4) is 0 Å². The Labute approximate surface area is 131 Å². The summed E-state index contributed by atoms with van der Waals surface area (Å²) in [7, 11) is -4.03. The lowest BCUT2D eigenvalue weighted by atomic mass is 10.2. The molecule has 0 radical (unpaired) electrons. The van der Waals surface area contributed by atoms with Gasteiger partial charge in [0.1, 0.15) is 6.10 Å². The number of benzene rings is 1. The van der Waals surface area contributed by atoms with Gasteiger partial charge in [-0.15, -0.1) is 0 Å². The fourth-order valence-corrected chi connectivity index (χ4v) is 3.76. The summed E-state index contributed by atoms with van der Waals surface area (Å²) < 4.78 is 32.1. The quantitative estimate of drug-likeness (QED) is 0.870. The van der Waals surface area contributed by atoms with E-state index in [1.54, 1.807) is 0 Å². The minimum atomic E-state index is -4.03. The second-order valence-corrected chi connectivity index (χ2v) is 7.37. The molecule has 0 bridgehead atoms. The largest absolute Gasteiger partial charge is 0.365 e. The molecule has 2 rings (SSSR count). The van der Waals surface area contributed by atoms with Crippen LogP contribution in [0.4, 0.5) is 0 Å². The van der Waals surface area contributed by atoms with E-state index in [0.29, 0.717) is 17.3 Å². The smallest absolute Gasteiger partial charge is 0.264 e. The molecule has 1 aromatic rings. The zero-order valence-corrected chi connectivity index (χ0v) is 13.6. The number of carbonyl (C=O) groups is 1. The SMILES string of the molecule is C[C@@H]1CC[C@H](C(=O)NS(=O)(=O)c2cc(Br)cc(C#N)c2)O1. The first-order chi connectivity index (χ1) is 9.81. The van der Waals surface area contributed by atoms with E-state index in [2.05, 4.69) is 15.9 Å². The third kappa shape index (κ3) is 3.81. The first kappa shape index (κ1) is 15.9. The summed E-state index contributed by atoms with van der Waals surface area (Å²) in [4.78, 5) is 11.8. The maximum Gasteiger partial charge on any atom is 0.264 e. The van der Waals surface area contributed by atoms with Crippen molar-refractivity contribution in [3.63, 3.8) is 0 Å². The standard InChI is InChI=1S/C13H13BrN2O4S/c1-8-2-3-12(20-8)13(17)16-21(18,19)11-5-9(7-15)4-10(14)6-11/h4-6,8,12H,2-3H2,1H3,(H,16,17)/t8-,12-/m1/s1. The normalized spacial score (nSPS) is 21.8. The molecule has 1 aliphatic heterocycles. The molecule has 0 aliphatic carbocycles. The molecule has 112 valence electrons. The Hall–Kier alpha value is -1.43. The number of nitrogens with one attached hydrogen (secondary N) is 1. The number of ether oxygens (including phenoxy) is 1. The Kier molecular flexibility index (Phi) is 4.66. The number of hydrogen-bond donors (Lipinski definition) is 1. The van der Waals surface area contributed by atoms with Gasteiger partial charge in [-0.1, -0.05) is 15.9 Å². The molecular weight excluding hydrogens is 360 g/mol. The van der Waals surface area contributed by atoms with Crippen molar-refractivity contribution in [2.75, 3.05) is 0 Å². The maximum atomic E-state index is 12.2. The molecule has 0 aromatic heterocycles. The predicted molar refractivity (Wildman–Crippen MR) is 77.8 cm³/mol. The minimum absolute atomic E-state index is 0.0560. The summed E-state index contributed by atoms with van der Waals surface area (Å²) in [6.45, 7) is 1.83. The lowest BCUT2D eigenvalue weighted by molar-refractivity contribution is -0.129. The number of nitrogens with zero attached hydrogens (tertiary/aromatic N) is 1. The molecule has 6 nitrogen and oxygen atoms in total. The highest BCUT2D eigenvalue weighted by Crippen LogP contribution is 2.22. The van der Waals surface area contributed by atoms with E-state index in [4.69, 9.17) is 10.00 Å². The highest BCUT2D eigenvalue weighted by atomic mass is 79.9. The van der Waals surface area contributed by atoms with Crippen LogP contribution in [-0.4, -0.2) is 26.5 Å². The Bertz CT molecular complexity index is 711. The van der Waals surface area contributed by atoms with Crippen molar-refractivity contribution < 1.29 is 17.9 Å². The second kappa shape index (κ2) is 6.13. The highest BCUT2D eigenvalue weighted by Gasteiger charge is 2.31. The summed E-state index contributed by atoms with van der Waals surface area (Å²) in [5.41, 5.74) is 0.183. The molecule has 2 atom stereocenters. The Balaban J connectivity index is 2.21. The zero-order valence-electron chi connectivity index (χ0n) is 11.2.